The molecule has 114 valence electrons. The van der Waals surface area contributed by atoms with Crippen LogP contribution in [-0.2, 0) is 16.4 Å². The molecule has 21 heavy (non-hydrogen) atoms. The van der Waals surface area contributed by atoms with Crippen molar-refractivity contribution in [2.24, 2.45) is 0 Å². The van der Waals surface area contributed by atoms with Crippen molar-refractivity contribution in [1.29, 1.82) is 0 Å². The van der Waals surface area contributed by atoms with Crippen LogP contribution in [0.15, 0.2) is 40.7 Å². The predicted molar refractivity (Wildman–Crippen MR) is 86.2 cm³/mol. The summed E-state index contributed by atoms with van der Waals surface area (Å²) in [5.74, 6) is 0.678. The molecule has 0 saturated heterocycles. The van der Waals surface area contributed by atoms with Crippen molar-refractivity contribution in [3.8, 4) is 0 Å². The van der Waals surface area contributed by atoms with Gasteiger partial charge in [-0.05, 0) is 36.9 Å². The Labute approximate surface area is 129 Å². The summed E-state index contributed by atoms with van der Waals surface area (Å²) in [5.41, 5.74) is 0. The Morgan fingerprint density at radius 1 is 1.33 bits per heavy atom. The Bertz CT molecular complexity index is 652. The minimum atomic E-state index is -3.48. The molecule has 2 aromatic heterocycles. The van der Waals surface area contributed by atoms with Crippen LogP contribution in [0, 0.1) is 0 Å². The Morgan fingerprint density at radius 3 is 2.71 bits per heavy atom. The Hall–Kier alpha value is -1.44. The van der Waals surface area contributed by atoms with Crippen LogP contribution in [0.4, 0.5) is 5.82 Å². The van der Waals surface area contributed by atoms with Gasteiger partial charge < -0.3 is 5.32 Å². The largest absolute Gasteiger partial charge is 0.370 e. The molecule has 0 aliphatic carbocycles. The van der Waals surface area contributed by atoms with Gasteiger partial charge in [-0.25, -0.2) is 17.7 Å². The predicted octanol–water partition coefficient (Wildman–Crippen LogP) is 2.44. The highest BCUT2D eigenvalue weighted by atomic mass is 32.2. The molecule has 7 heteroatoms. The fraction of sp³-hybridized carbons (Fsp3) is 0.357. The average Bonchev–Trinajstić information content (AvgIpc) is 2.99. The molecule has 0 atom stereocenters. The number of hydrogen-bond donors (Lipinski definition) is 1. The number of nitrogens with zero attached hydrogens (tertiary/aromatic N) is 2. The fourth-order valence-corrected chi connectivity index (χ4v) is 3.66. The van der Waals surface area contributed by atoms with Crippen LogP contribution in [0.2, 0.25) is 0 Å². The summed E-state index contributed by atoms with van der Waals surface area (Å²) in [7, 11) is -1.88. The average molecular weight is 325 g/mol. The van der Waals surface area contributed by atoms with Crippen molar-refractivity contribution < 1.29 is 8.42 Å². The first-order valence-corrected chi connectivity index (χ1v) is 9.04. The molecule has 0 spiro atoms. The molecule has 0 aliphatic rings. The lowest BCUT2D eigenvalue weighted by Gasteiger charge is -2.16. The summed E-state index contributed by atoms with van der Waals surface area (Å²) >= 11 is 1.64. The lowest BCUT2D eigenvalue weighted by Crippen LogP contribution is -2.29. The van der Waals surface area contributed by atoms with E-state index in [0.717, 1.165) is 13.0 Å². The van der Waals surface area contributed by atoms with Crippen molar-refractivity contribution in [3.05, 3.63) is 40.7 Å². The van der Waals surface area contributed by atoms with Gasteiger partial charge in [0.2, 0.25) is 10.0 Å². The molecular formula is C14H19N3O2S2. The maximum Gasteiger partial charge on any atom is 0.244 e. The zero-order valence-corrected chi connectivity index (χ0v) is 13.7. The van der Waals surface area contributed by atoms with Crippen molar-refractivity contribution in [2.75, 3.05) is 25.5 Å². The summed E-state index contributed by atoms with van der Waals surface area (Å²) in [5, 5.41) is 5.03. The normalized spacial score (nSPS) is 11.8. The molecule has 1 N–H and O–H groups in total. The number of nitrogens with one attached hydrogen (secondary N) is 1. The number of aromatic nitrogens is 1. The van der Waals surface area contributed by atoms with Crippen LogP contribution >= 0.6 is 11.3 Å². The van der Waals surface area contributed by atoms with E-state index >= 15 is 0 Å². The molecule has 0 amide bonds. The van der Waals surface area contributed by atoms with E-state index in [1.807, 2.05) is 24.4 Å². The molecule has 2 heterocycles. The van der Waals surface area contributed by atoms with Gasteiger partial charge >= 0.3 is 0 Å². The van der Waals surface area contributed by atoms with E-state index in [-0.39, 0.29) is 4.90 Å². The van der Waals surface area contributed by atoms with Gasteiger partial charge in [-0.3, -0.25) is 0 Å². The van der Waals surface area contributed by atoms with E-state index in [2.05, 4.69) is 10.3 Å². The Morgan fingerprint density at radius 2 is 2.14 bits per heavy atom. The number of rotatable bonds is 7. The lowest BCUT2D eigenvalue weighted by molar-refractivity contribution is 0.473. The molecule has 2 rings (SSSR count). The quantitative estimate of drug-likeness (QED) is 0.849. The van der Waals surface area contributed by atoms with Gasteiger partial charge in [-0.15, -0.1) is 11.3 Å². The molecule has 0 aliphatic heterocycles. The minimum Gasteiger partial charge on any atom is -0.370 e. The third-order valence-corrected chi connectivity index (χ3v) is 5.83. The third-order valence-electron chi connectivity index (χ3n) is 3.06. The van der Waals surface area contributed by atoms with Crippen LogP contribution in [-0.4, -0.2) is 37.8 Å². The third kappa shape index (κ3) is 4.03. The second kappa shape index (κ2) is 7.02. The number of anilines is 1. The fourth-order valence-electron chi connectivity index (χ4n) is 1.84. The second-order valence-corrected chi connectivity index (χ2v) is 7.64. The minimum absolute atomic E-state index is 0.220. The number of thiophene rings is 1. The number of sulfonamides is 1. The first-order chi connectivity index (χ1) is 10.0. The van der Waals surface area contributed by atoms with Gasteiger partial charge in [0, 0.05) is 31.2 Å². The Kier molecular flexibility index (Phi) is 5.33. The number of pyridine rings is 1. The smallest absolute Gasteiger partial charge is 0.244 e. The van der Waals surface area contributed by atoms with Gasteiger partial charge in [0.15, 0.2) is 0 Å². The summed E-state index contributed by atoms with van der Waals surface area (Å²) in [6.07, 6.45) is 2.12. The molecule has 5 nitrogen and oxygen atoms in total. The van der Waals surface area contributed by atoms with E-state index in [9.17, 15) is 8.42 Å². The van der Waals surface area contributed by atoms with Crippen molar-refractivity contribution in [2.45, 2.75) is 18.2 Å². The first-order valence-electron chi connectivity index (χ1n) is 6.72. The molecule has 2 aromatic rings. The second-order valence-electron chi connectivity index (χ2n) is 4.57. The van der Waals surface area contributed by atoms with Crippen molar-refractivity contribution in [3.63, 3.8) is 0 Å². The highest BCUT2D eigenvalue weighted by Crippen LogP contribution is 2.16. The van der Waals surface area contributed by atoms with Gasteiger partial charge in [0.1, 0.15) is 10.7 Å². The maximum absolute atomic E-state index is 12.4. The summed E-state index contributed by atoms with van der Waals surface area (Å²) < 4.78 is 26.2. The first kappa shape index (κ1) is 15.9. The van der Waals surface area contributed by atoms with Crippen LogP contribution in [0.3, 0.4) is 0 Å². The van der Waals surface area contributed by atoms with Crippen LogP contribution in [0.5, 0.6) is 0 Å². The topological polar surface area (TPSA) is 62.3 Å². The number of hydrogen-bond acceptors (Lipinski definition) is 5. The molecular weight excluding hydrogens is 306 g/mol. The zero-order valence-electron chi connectivity index (χ0n) is 12.1. The van der Waals surface area contributed by atoms with Crippen molar-refractivity contribution in [1.82, 2.24) is 9.29 Å². The standard InChI is InChI=1S/C14H19N3O2S2/c1-3-15-14-7-6-13(11-16-14)21(18,19)17(2)9-8-12-5-4-10-20-12/h4-7,10-11H,3,8-9H2,1-2H3,(H,15,16). The monoisotopic (exact) mass is 325 g/mol. The molecule has 0 unspecified atom stereocenters. The summed E-state index contributed by atoms with van der Waals surface area (Å²) in [4.78, 5) is 5.51. The van der Waals surface area contributed by atoms with Crippen LogP contribution in [0.25, 0.3) is 0 Å². The highest BCUT2D eigenvalue weighted by Gasteiger charge is 2.20. The SMILES string of the molecule is CCNc1ccc(S(=O)(=O)N(C)CCc2cccs2)cn1. The van der Waals surface area contributed by atoms with E-state index in [1.165, 1.54) is 15.4 Å². The number of likely N-dealkylation sites (N-methyl/N-ethyl adjacent to an activating group) is 1. The summed E-state index contributed by atoms with van der Waals surface area (Å²) in [6, 6.07) is 7.25. The van der Waals surface area contributed by atoms with E-state index in [1.54, 1.807) is 30.5 Å². The zero-order chi connectivity index (χ0) is 15.3. The van der Waals surface area contributed by atoms with Crippen molar-refractivity contribution >= 4 is 27.2 Å². The molecule has 0 saturated carbocycles. The maximum atomic E-state index is 12.4. The van der Waals surface area contributed by atoms with E-state index < -0.39 is 10.0 Å². The van der Waals surface area contributed by atoms with Gasteiger partial charge in [-0.2, -0.15) is 0 Å². The molecule has 0 bridgehead atoms. The van der Waals surface area contributed by atoms with E-state index in [4.69, 9.17) is 0 Å². The van der Waals surface area contributed by atoms with Crippen LogP contribution in [0.1, 0.15) is 11.8 Å². The van der Waals surface area contributed by atoms with Gasteiger partial charge in [0.05, 0.1) is 0 Å². The molecule has 0 fully saturated rings. The lowest BCUT2D eigenvalue weighted by atomic mass is 10.3. The molecule has 0 radical (unpaired) electrons. The van der Waals surface area contributed by atoms with Crippen LogP contribution < -0.4 is 5.32 Å². The Balaban J connectivity index is 2.05. The van der Waals surface area contributed by atoms with Gasteiger partial charge in [-0.1, -0.05) is 6.07 Å². The van der Waals surface area contributed by atoms with Gasteiger partial charge in [0.25, 0.3) is 0 Å². The summed E-state index contributed by atoms with van der Waals surface area (Å²) in [6.45, 7) is 3.17. The highest BCUT2D eigenvalue weighted by molar-refractivity contribution is 7.89. The molecule has 0 aromatic carbocycles. The van der Waals surface area contributed by atoms with E-state index in [0.29, 0.717) is 12.4 Å².